The molecule has 9 nitrogen and oxygen atoms in total. The van der Waals surface area contributed by atoms with E-state index in [0.29, 0.717) is 36.2 Å². The lowest BCUT2D eigenvalue weighted by molar-refractivity contribution is -0.116. The lowest BCUT2D eigenvalue weighted by Crippen LogP contribution is -2.27. The van der Waals surface area contributed by atoms with Gasteiger partial charge in [0.25, 0.3) is 0 Å². The van der Waals surface area contributed by atoms with Crippen molar-refractivity contribution in [3.63, 3.8) is 0 Å². The van der Waals surface area contributed by atoms with Crippen LogP contribution in [-0.2, 0) is 4.79 Å². The molecule has 0 aliphatic heterocycles. The van der Waals surface area contributed by atoms with Crippen LogP contribution in [-0.4, -0.2) is 53.2 Å². The highest BCUT2D eigenvalue weighted by atomic mass is 16.5. The Morgan fingerprint density at radius 1 is 1.03 bits per heavy atom. The Morgan fingerprint density at radius 3 is 2.44 bits per heavy atom. The normalized spacial score (nSPS) is 10.9. The third kappa shape index (κ3) is 5.42. The second-order valence-corrected chi connectivity index (χ2v) is 7.15. The van der Waals surface area contributed by atoms with Crippen LogP contribution in [0.5, 0.6) is 11.5 Å². The number of hydrogen-bond acceptors (Lipinski definition) is 7. The van der Waals surface area contributed by atoms with Gasteiger partial charge in [0.2, 0.25) is 5.91 Å². The van der Waals surface area contributed by atoms with Crippen LogP contribution in [0, 0.1) is 20.8 Å². The molecule has 3 aromatic rings. The number of aryl methyl sites for hydroxylation is 1. The van der Waals surface area contributed by atoms with Gasteiger partial charge >= 0.3 is 0 Å². The second kappa shape index (κ2) is 10.4. The van der Waals surface area contributed by atoms with Gasteiger partial charge in [0.1, 0.15) is 5.82 Å². The Labute approximate surface area is 187 Å². The molecule has 0 saturated heterocycles. The maximum Gasteiger partial charge on any atom is 0.244 e. The summed E-state index contributed by atoms with van der Waals surface area (Å²) in [6.07, 6.45) is 3.20. The van der Waals surface area contributed by atoms with E-state index in [-0.39, 0.29) is 5.91 Å². The van der Waals surface area contributed by atoms with Gasteiger partial charge in [-0.05, 0) is 62.2 Å². The smallest absolute Gasteiger partial charge is 0.244 e. The zero-order chi connectivity index (χ0) is 23.1. The molecule has 1 amide bonds. The average molecular weight is 437 g/mol. The van der Waals surface area contributed by atoms with E-state index < -0.39 is 0 Å². The Hall–Kier alpha value is -3.88. The van der Waals surface area contributed by atoms with E-state index in [2.05, 4.69) is 25.9 Å². The monoisotopic (exact) mass is 436 g/mol. The van der Waals surface area contributed by atoms with Gasteiger partial charge < -0.3 is 20.1 Å². The van der Waals surface area contributed by atoms with Gasteiger partial charge in [0, 0.05) is 24.9 Å². The molecule has 0 saturated carbocycles. The highest BCUT2D eigenvalue weighted by Crippen LogP contribution is 2.27. The van der Waals surface area contributed by atoms with Crippen LogP contribution in [0.1, 0.15) is 22.5 Å². The Kier molecular flexibility index (Phi) is 7.43. The Balaban J connectivity index is 1.46. The summed E-state index contributed by atoms with van der Waals surface area (Å²) in [5, 5.41) is 18.9. The summed E-state index contributed by atoms with van der Waals surface area (Å²) in [5.41, 5.74) is 4.00. The molecule has 0 radical (unpaired) electrons. The number of carbonyl (C=O) groups is 1. The molecule has 9 heteroatoms. The third-order valence-corrected chi connectivity index (χ3v) is 5.09. The second-order valence-electron chi connectivity index (χ2n) is 7.15. The SMILES string of the molecule is COc1ccc(/C=C/C(=O)NCCNc2ccc(-n3nc(C)c(C)c3C)nn2)cc1OC. The van der Waals surface area contributed by atoms with Gasteiger partial charge in [0.05, 0.1) is 19.9 Å². The molecule has 0 aliphatic rings. The van der Waals surface area contributed by atoms with E-state index in [0.717, 1.165) is 22.5 Å². The highest BCUT2D eigenvalue weighted by molar-refractivity contribution is 5.91. The number of carbonyl (C=O) groups excluding carboxylic acids is 1. The van der Waals surface area contributed by atoms with Gasteiger partial charge in [0.15, 0.2) is 17.3 Å². The highest BCUT2D eigenvalue weighted by Gasteiger charge is 2.10. The molecule has 2 aromatic heterocycles. The topological polar surface area (TPSA) is 103 Å². The van der Waals surface area contributed by atoms with Crippen molar-refractivity contribution in [1.82, 2.24) is 25.3 Å². The minimum absolute atomic E-state index is 0.192. The van der Waals surface area contributed by atoms with Gasteiger partial charge in [-0.25, -0.2) is 4.68 Å². The van der Waals surface area contributed by atoms with Crippen molar-refractivity contribution in [2.75, 3.05) is 32.6 Å². The van der Waals surface area contributed by atoms with Crippen LogP contribution < -0.4 is 20.1 Å². The lowest BCUT2D eigenvalue weighted by Gasteiger charge is -2.08. The van der Waals surface area contributed by atoms with E-state index >= 15 is 0 Å². The summed E-state index contributed by atoms with van der Waals surface area (Å²) < 4.78 is 12.3. The molecule has 0 aliphatic carbocycles. The number of hydrogen-bond donors (Lipinski definition) is 2. The van der Waals surface area contributed by atoms with E-state index in [1.807, 2.05) is 39.0 Å². The molecular weight excluding hydrogens is 408 g/mol. The number of benzene rings is 1. The quantitative estimate of drug-likeness (QED) is 0.393. The molecule has 168 valence electrons. The minimum Gasteiger partial charge on any atom is -0.493 e. The van der Waals surface area contributed by atoms with Gasteiger partial charge in [-0.3, -0.25) is 4.79 Å². The fourth-order valence-electron chi connectivity index (χ4n) is 3.04. The first kappa shape index (κ1) is 22.8. The lowest BCUT2D eigenvalue weighted by atomic mass is 10.2. The standard InChI is InChI=1S/C23H28N6O3/c1-15-16(2)28-29(17(15)3)22-10-9-21(26-27-22)24-12-13-25-23(30)11-7-18-6-8-19(31-4)20(14-18)32-5/h6-11,14H,12-13H2,1-5H3,(H,24,26)(H,25,30)/b11-7+. The summed E-state index contributed by atoms with van der Waals surface area (Å²) in [5.74, 6) is 2.35. The summed E-state index contributed by atoms with van der Waals surface area (Å²) in [6, 6.07) is 9.15. The maximum atomic E-state index is 12.0. The van der Waals surface area contributed by atoms with E-state index in [1.165, 1.54) is 6.08 Å². The number of ether oxygens (including phenoxy) is 2. The zero-order valence-corrected chi connectivity index (χ0v) is 19.0. The molecule has 2 heterocycles. The molecule has 1 aromatic carbocycles. The summed E-state index contributed by atoms with van der Waals surface area (Å²) in [6.45, 7) is 6.97. The minimum atomic E-state index is -0.192. The van der Waals surface area contributed by atoms with Crippen LogP contribution in [0.3, 0.4) is 0 Å². The average Bonchev–Trinajstić information content (AvgIpc) is 3.07. The van der Waals surface area contributed by atoms with Gasteiger partial charge in [-0.15, -0.1) is 10.2 Å². The maximum absolute atomic E-state index is 12.0. The Bertz CT molecular complexity index is 1110. The van der Waals surface area contributed by atoms with Crippen molar-refractivity contribution in [3.8, 4) is 17.3 Å². The van der Waals surface area contributed by atoms with Crippen molar-refractivity contribution in [1.29, 1.82) is 0 Å². The van der Waals surface area contributed by atoms with Crippen molar-refractivity contribution < 1.29 is 14.3 Å². The van der Waals surface area contributed by atoms with Crippen molar-refractivity contribution in [2.24, 2.45) is 0 Å². The fourth-order valence-corrected chi connectivity index (χ4v) is 3.04. The number of aromatic nitrogens is 4. The molecule has 0 spiro atoms. The number of nitrogens with zero attached hydrogens (tertiary/aromatic N) is 4. The van der Waals surface area contributed by atoms with Crippen LogP contribution in [0.4, 0.5) is 5.82 Å². The molecule has 0 bridgehead atoms. The molecular formula is C23H28N6O3. The summed E-state index contributed by atoms with van der Waals surface area (Å²) in [7, 11) is 3.15. The van der Waals surface area contributed by atoms with Gasteiger partial charge in [-0.2, -0.15) is 5.10 Å². The predicted molar refractivity (Wildman–Crippen MR) is 123 cm³/mol. The van der Waals surface area contributed by atoms with Crippen LogP contribution in [0.15, 0.2) is 36.4 Å². The van der Waals surface area contributed by atoms with Crippen molar-refractivity contribution in [2.45, 2.75) is 20.8 Å². The Morgan fingerprint density at radius 2 is 1.81 bits per heavy atom. The van der Waals surface area contributed by atoms with Gasteiger partial charge in [-0.1, -0.05) is 6.07 Å². The zero-order valence-electron chi connectivity index (χ0n) is 19.0. The predicted octanol–water partition coefficient (Wildman–Crippen LogP) is 2.85. The largest absolute Gasteiger partial charge is 0.493 e. The van der Waals surface area contributed by atoms with E-state index in [9.17, 15) is 4.79 Å². The van der Waals surface area contributed by atoms with Crippen LogP contribution in [0.2, 0.25) is 0 Å². The number of nitrogens with one attached hydrogen (secondary N) is 2. The first-order chi connectivity index (χ1) is 15.4. The molecule has 0 unspecified atom stereocenters. The third-order valence-electron chi connectivity index (χ3n) is 5.09. The van der Waals surface area contributed by atoms with Crippen molar-refractivity contribution in [3.05, 3.63) is 58.9 Å². The van der Waals surface area contributed by atoms with Crippen molar-refractivity contribution >= 4 is 17.8 Å². The van der Waals surface area contributed by atoms with E-state index in [4.69, 9.17) is 9.47 Å². The number of amides is 1. The first-order valence-electron chi connectivity index (χ1n) is 10.2. The fraction of sp³-hybridized carbons (Fsp3) is 0.304. The summed E-state index contributed by atoms with van der Waals surface area (Å²) >= 11 is 0. The number of methoxy groups -OCH3 is 2. The van der Waals surface area contributed by atoms with E-state index in [1.54, 1.807) is 37.1 Å². The molecule has 2 N–H and O–H groups in total. The molecule has 3 rings (SSSR count). The van der Waals surface area contributed by atoms with Crippen LogP contribution >= 0.6 is 0 Å². The molecule has 32 heavy (non-hydrogen) atoms. The summed E-state index contributed by atoms with van der Waals surface area (Å²) in [4.78, 5) is 12.0. The van der Waals surface area contributed by atoms with Crippen LogP contribution in [0.25, 0.3) is 11.9 Å². The number of anilines is 1. The molecule has 0 fully saturated rings. The number of rotatable bonds is 9. The molecule has 0 atom stereocenters. The first-order valence-corrected chi connectivity index (χ1v) is 10.2.